The molecule has 0 saturated carbocycles. The summed E-state index contributed by atoms with van der Waals surface area (Å²) in [6, 6.07) is -0.642. The molecule has 2 amide bonds. The van der Waals surface area contributed by atoms with Crippen LogP contribution in [0.1, 0.15) is 20.3 Å². The molecule has 0 unspecified atom stereocenters. The Hall–Kier alpha value is -1.26. The summed E-state index contributed by atoms with van der Waals surface area (Å²) in [5.41, 5.74) is 1.06. The normalized spacial score (nSPS) is 17.7. The van der Waals surface area contributed by atoms with E-state index in [1.807, 2.05) is 13.2 Å². The SMILES string of the molecule is CCOC(=O)C1=C(CSc2nnc(SC)s2)NC(=O)N[C@@H]1CC. The van der Waals surface area contributed by atoms with E-state index in [4.69, 9.17) is 4.74 Å². The Morgan fingerprint density at radius 3 is 2.70 bits per heavy atom. The van der Waals surface area contributed by atoms with E-state index in [9.17, 15) is 9.59 Å². The van der Waals surface area contributed by atoms with Gasteiger partial charge in [0.15, 0.2) is 8.68 Å². The maximum atomic E-state index is 12.2. The maximum Gasteiger partial charge on any atom is 0.337 e. The molecule has 0 aromatic carbocycles. The van der Waals surface area contributed by atoms with Crippen molar-refractivity contribution in [1.29, 1.82) is 0 Å². The highest BCUT2D eigenvalue weighted by Crippen LogP contribution is 2.29. The predicted octanol–water partition coefficient (Wildman–Crippen LogP) is 2.26. The Bertz CT molecular complexity index is 617. The zero-order chi connectivity index (χ0) is 16.8. The highest BCUT2D eigenvalue weighted by Gasteiger charge is 2.31. The number of amides is 2. The molecule has 0 radical (unpaired) electrons. The lowest BCUT2D eigenvalue weighted by Crippen LogP contribution is -2.50. The first-order chi connectivity index (χ1) is 11.1. The summed E-state index contributed by atoms with van der Waals surface area (Å²) in [4.78, 5) is 24.0. The van der Waals surface area contributed by atoms with Gasteiger partial charge >= 0.3 is 12.0 Å². The highest BCUT2D eigenvalue weighted by atomic mass is 32.2. The van der Waals surface area contributed by atoms with Gasteiger partial charge in [-0.15, -0.1) is 10.2 Å². The van der Waals surface area contributed by atoms with Gasteiger partial charge in [-0.2, -0.15) is 0 Å². The zero-order valence-electron chi connectivity index (χ0n) is 13.0. The first-order valence-electron chi connectivity index (χ1n) is 7.07. The summed E-state index contributed by atoms with van der Waals surface area (Å²) in [7, 11) is 0. The van der Waals surface area contributed by atoms with Gasteiger partial charge in [-0.3, -0.25) is 0 Å². The number of thioether (sulfide) groups is 2. The van der Waals surface area contributed by atoms with Crippen LogP contribution in [0.25, 0.3) is 0 Å². The predicted molar refractivity (Wildman–Crippen MR) is 91.8 cm³/mol. The van der Waals surface area contributed by atoms with Gasteiger partial charge in [0, 0.05) is 11.4 Å². The number of nitrogens with one attached hydrogen (secondary N) is 2. The summed E-state index contributed by atoms with van der Waals surface area (Å²) >= 11 is 4.46. The molecule has 1 aromatic rings. The van der Waals surface area contributed by atoms with Crippen molar-refractivity contribution in [2.24, 2.45) is 0 Å². The lowest BCUT2D eigenvalue weighted by atomic mass is 10.0. The van der Waals surface area contributed by atoms with Crippen LogP contribution in [-0.4, -0.2) is 46.9 Å². The molecule has 0 saturated heterocycles. The number of esters is 1. The van der Waals surface area contributed by atoms with Gasteiger partial charge in [-0.05, 0) is 19.6 Å². The van der Waals surface area contributed by atoms with E-state index in [1.165, 1.54) is 34.9 Å². The van der Waals surface area contributed by atoms with Crippen LogP contribution < -0.4 is 10.6 Å². The van der Waals surface area contributed by atoms with Gasteiger partial charge < -0.3 is 15.4 Å². The molecule has 1 aliphatic rings. The van der Waals surface area contributed by atoms with Crippen molar-refractivity contribution >= 4 is 46.9 Å². The first kappa shape index (κ1) is 18.1. The summed E-state index contributed by atoms with van der Waals surface area (Å²) in [6.07, 6.45) is 2.56. The number of aromatic nitrogens is 2. The Labute approximate surface area is 147 Å². The molecule has 2 N–H and O–H groups in total. The van der Waals surface area contributed by atoms with Crippen molar-refractivity contribution < 1.29 is 14.3 Å². The van der Waals surface area contributed by atoms with Gasteiger partial charge in [-0.1, -0.05) is 41.8 Å². The van der Waals surface area contributed by atoms with Crippen LogP contribution in [0, 0.1) is 0 Å². The second kappa shape index (κ2) is 8.55. The molecular weight excluding hydrogens is 356 g/mol. The Balaban J connectivity index is 2.20. The quantitative estimate of drug-likeness (QED) is 0.558. The van der Waals surface area contributed by atoms with E-state index in [0.29, 0.717) is 30.1 Å². The Morgan fingerprint density at radius 2 is 2.09 bits per heavy atom. The Morgan fingerprint density at radius 1 is 1.35 bits per heavy atom. The van der Waals surface area contributed by atoms with Crippen LogP contribution in [0.15, 0.2) is 19.9 Å². The minimum absolute atomic E-state index is 0.292. The molecule has 7 nitrogen and oxygen atoms in total. The number of rotatable bonds is 7. The average Bonchev–Trinajstić information content (AvgIpc) is 3.00. The average molecular weight is 375 g/mol. The Kier molecular flexibility index (Phi) is 6.72. The van der Waals surface area contributed by atoms with Gasteiger partial charge in [-0.25, -0.2) is 9.59 Å². The number of urea groups is 1. The standard InChI is InChI=1S/C13H18N4O3S3/c1-4-7-9(10(18)20-5-2)8(15-11(19)14-7)6-22-13-17-16-12(21-3)23-13/h7H,4-6H2,1-3H3,(H2,14,15,19)/t7-/m1/s1. The van der Waals surface area contributed by atoms with Crippen molar-refractivity contribution in [2.75, 3.05) is 18.6 Å². The largest absolute Gasteiger partial charge is 0.463 e. The minimum atomic E-state index is -0.399. The van der Waals surface area contributed by atoms with E-state index in [2.05, 4.69) is 20.8 Å². The van der Waals surface area contributed by atoms with E-state index < -0.39 is 5.97 Å². The van der Waals surface area contributed by atoms with E-state index in [-0.39, 0.29) is 12.1 Å². The smallest absolute Gasteiger partial charge is 0.337 e. The summed E-state index contributed by atoms with van der Waals surface area (Å²) < 4.78 is 6.81. The van der Waals surface area contributed by atoms with Crippen LogP contribution in [0.5, 0.6) is 0 Å². The number of hydrogen-bond acceptors (Lipinski definition) is 8. The molecule has 1 atom stereocenters. The highest BCUT2D eigenvalue weighted by molar-refractivity contribution is 8.03. The molecule has 0 spiro atoms. The van der Waals surface area contributed by atoms with Gasteiger partial charge in [0.25, 0.3) is 0 Å². The topological polar surface area (TPSA) is 93.2 Å². The molecular formula is C13H18N4O3S3. The second-order valence-corrected chi connectivity index (χ2v) is 7.75. The van der Waals surface area contributed by atoms with Crippen LogP contribution >= 0.6 is 34.9 Å². The summed E-state index contributed by atoms with van der Waals surface area (Å²) in [5.74, 6) is 0.0330. The molecule has 1 aromatic heterocycles. The van der Waals surface area contributed by atoms with Gasteiger partial charge in [0.05, 0.1) is 18.2 Å². The molecule has 0 aliphatic carbocycles. The fourth-order valence-corrected chi connectivity index (χ4v) is 4.45. The van der Waals surface area contributed by atoms with Gasteiger partial charge in [0.2, 0.25) is 0 Å². The molecule has 23 heavy (non-hydrogen) atoms. The first-order valence-corrected chi connectivity index (χ1v) is 10.1. The zero-order valence-corrected chi connectivity index (χ0v) is 15.5. The van der Waals surface area contributed by atoms with Crippen LogP contribution in [0.2, 0.25) is 0 Å². The lowest BCUT2D eigenvalue weighted by Gasteiger charge is -2.28. The molecule has 1 aliphatic heterocycles. The van der Waals surface area contributed by atoms with Crippen molar-refractivity contribution in [3.8, 4) is 0 Å². The van der Waals surface area contributed by atoms with E-state index in [0.717, 1.165) is 8.68 Å². The number of nitrogens with zero attached hydrogens (tertiary/aromatic N) is 2. The number of ether oxygens (including phenoxy) is 1. The van der Waals surface area contributed by atoms with Crippen LogP contribution in [0.3, 0.4) is 0 Å². The number of carbonyl (C=O) groups excluding carboxylic acids is 2. The summed E-state index contributed by atoms with van der Waals surface area (Å²) in [5, 5.41) is 13.6. The van der Waals surface area contributed by atoms with Crippen molar-refractivity contribution in [2.45, 2.75) is 35.0 Å². The van der Waals surface area contributed by atoms with Crippen molar-refractivity contribution in [3.63, 3.8) is 0 Å². The third kappa shape index (κ3) is 4.61. The molecule has 2 rings (SSSR count). The van der Waals surface area contributed by atoms with Crippen molar-refractivity contribution in [3.05, 3.63) is 11.3 Å². The van der Waals surface area contributed by atoms with E-state index in [1.54, 1.807) is 6.92 Å². The van der Waals surface area contributed by atoms with Gasteiger partial charge in [0.1, 0.15) is 0 Å². The fraction of sp³-hybridized carbons (Fsp3) is 0.538. The summed E-state index contributed by atoms with van der Waals surface area (Å²) in [6.45, 7) is 3.96. The molecule has 126 valence electrons. The minimum Gasteiger partial charge on any atom is -0.463 e. The van der Waals surface area contributed by atoms with E-state index >= 15 is 0 Å². The van der Waals surface area contributed by atoms with Crippen LogP contribution in [0.4, 0.5) is 4.79 Å². The third-order valence-electron chi connectivity index (χ3n) is 3.05. The molecule has 0 fully saturated rings. The molecule has 0 bridgehead atoms. The second-order valence-electron chi connectivity index (χ2n) is 4.50. The third-order valence-corrected chi connectivity index (χ3v) is 6.11. The fourth-order valence-electron chi connectivity index (χ4n) is 2.05. The van der Waals surface area contributed by atoms with Crippen molar-refractivity contribution in [1.82, 2.24) is 20.8 Å². The maximum absolute atomic E-state index is 12.2. The molecule has 2 heterocycles. The monoisotopic (exact) mass is 374 g/mol. The lowest BCUT2D eigenvalue weighted by molar-refractivity contribution is -0.139. The molecule has 10 heteroatoms. The van der Waals surface area contributed by atoms with Crippen LogP contribution in [-0.2, 0) is 9.53 Å². The number of hydrogen-bond donors (Lipinski definition) is 2. The number of carbonyl (C=O) groups is 2.